The minimum Gasteiger partial charge on any atom is -0.481 e. The van der Waals surface area contributed by atoms with Gasteiger partial charge in [0.05, 0.1) is 12.0 Å². The maximum atomic E-state index is 12.6. The molecule has 130 valence electrons. The first-order chi connectivity index (χ1) is 11.3. The van der Waals surface area contributed by atoms with Crippen molar-refractivity contribution in [3.63, 3.8) is 0 Å². The van der Waals surface area contributed by atoms with Crippen molar-refractivity contribution in [3.05, 3.63) is 23.8 Å². The van der Waals surface area contributed by atoms with Gasteiger partial charge in [0.1, 0.15) is 0 Å². The summed E-state index contributed by atoms with van der Waals surface area (Å²) in [6.07, 6.45) is 0.597. The summed E-state index contributed by atoms with van der Waals surface area (Å²) in [6, 6.07) is 4.90. The fraction of sp³-hybridized carbons (Fsp3) is 0.556. The maximum absolute atomic E-state index is 12.6. The molecule has 2 unspecified atom stereocenters. The lowest BCUT2D eigenvalue weighted by Gasteiger charge is -2.42. The Balaban J connectivity index is 2.08. The molecule has 0 aliphatic carbocycles. The molecule has 3 rings (SSSR count). The molecule has 1 aromatic carbocycles. The highest BCUT2D eigenvalue weighted by molar-refractivity contribution is 5.82. The molecule has 0 radical (unpaired) electrons. The molecule has 6 heteroatoms. The molecule has 1 saturated heterocycles. The monoisotopic (exact) mass is 333 g/mol. The molecule has 1 amide bonds. The van der Waals surface area contributed by atoms with E-state index in [-0.39, 0.29) is 24.5 Å². The molecule has 1 aromatic rings. The molecule has 6 nitrogen and oxygen atoms in total. The van der Waals surface area contributed by atoms with Gasteiger partial charge in [0.2, 0.25) is 12.7 Å². The molecule has 0 spiro atoms. The molecule has 2 aliphatic rings. The van der Waals surface area contributed by atoms with Gasteiger partial charge in [-0.2, -0.15) is 0 Å². The number of rotatable bonds is 3. The third kappa shape index (κ3) is 3.05. The Hall–Kier alpha value is -2.24. The van der Waals surface area contributed by atoms with Crippen LogP contribution < -0.4 is 9.47 Å². The summed E-state index contributed by atoms with van der Waals surface area (Å²) < 4.78 is 11.0. The van der Waals surface area contributed by atoms with Crippen LogP contribution in [0.2, 0.25) is 0 Å². The number of hydrogen-bond donors (Lipinski definition) is 1. The fourth-order valence-electron chi connectivity index (χ4n) is 3.48. The Morgan fingerprint density at radius 3 is 2.75 bits per heavy atom. The van der Waals surface area contributed by atoms with Gasteiger partial charge < -0.3 is 19.5 Å². The third-order valence-corrected chi connectivity index (χ3v) is 4.41. The standard InChI is InChI=1S/C18H23NO5/c1-18(2,3)9-19-14(20)8-7-12(17(21)22)15(19)11-5-4-6-13-16(11)24-10-23-13/h4-6,12,15H,7-10H2,1-3H3,(H,21,22). The molecule has 1 N–H and O–H groups in total. The number of carboxylic acids is 1. The average molecular weight is 333 g/mol. The molecule has 2 atom stereocenters. The zero-order valence-electron chi connectivity index (χ0n) is 14.2. The van der Waals surface area contributed by atoms with Gasteiger partial charge >= 0.3 is 5.97 Å². The first-order valence-corrected chi connectivity index (χ1v) is 8.19. The number of hydrogen-bond acceptors (Lipinski definition) is 4. The summed E-state index contributed by atoms with van der Waals surface area (Å²) >= 11 is 0. The quantitative estimate of drug-likeness (QED) is 0.920. The normalized spacial score (nSPS) is 23.5. The largest absolute Gasteiger partial charge is 0.481 e. The second-order valence-electron chi connectivity index (χ2n) is 7.59. The van der Waals surface area contributed by atoms with Gasteiger partial charge in [0.25, 0.3) is 0 Å². The Bertz CT molecular complexity index is 664. The van der Waals surface area contributed by atoms with Crippen LogP contribution in [0.3, 0.4) is 0 Å². The fourth-order valence-corrected chi connectivity index (χ4v) is 3.48. The summed E-state index contributed by atoms with van der Waals surface area (Å²) in [5, 5.41) is 9.71. The maximum Gasteiger partial charge on any atom is 0.308 e. The molecule has 2 heterocycles. The minimum absolute atomic E-state index is 0.0102. The van der Waals surface area contributed by atoms with E-state index >= 15 is 0 Å². The number of amides is 1. The Kier molecular flexibility index (Phi) is 4.15. The van der Waals surface area contributed by atoms with E-state index < -0.39 is 17.9 Å². The van der Waals surface area contributed by atoms with Crippen molar-refractivity contribution >= 4 is 11.9 Å². The van der Waals surface area contributed by atoms with Gasteiger partial charge in [-0.3, -0.25) is 9.59 Å². The Labute approximate surface area is 141 Å². The Morgan fingerprint density at radius 1 is 1.33 bits per heavy atom. The molecule has 0 aromatic heterocycles. The predicted octanol–water partition coefficient (Wildman–Crippen LogP) is 2.83. The minimum atomic E-state index is -0.886. The number of carboxylic acid groups (broad SMARTS) is 1. The summed E-state index contributed by atoms with van der Waals surface area (Å²) in [6.45, 7) is 6.72. The van der Waals surface area contributed by atoms with Gasteiger partial charge in [0.15, 0.2) is 11.5 Å². The van der Waals surface area contributed by atoms with Crippen LogP contribution >= 0.6 is 0 Å². The summed E-state index contributed by atoms with van der Waals surface area (Å²) in [5.41, 5.74) is 0.582. The molecule has 0 saturated carbocycles. The highest BCUT2D eigenvalue weighted by Gasteiger charge is 2.43. The van der Waals surface area contributed by atoms with Crippen molar-refractivity contribution in [2.75, 3.05) is 13.3 Å². The summed E-state index contributed by atoms with van der Waals surface area (Å²) in [5.74, 6) is -0.389. The lowest BCUT2D eigenvalue weighted by molar-refractivity contribution is -0.153. The second-order valence-corrected chi connectivity index (χ2v) is 7.59. The van der Waals surface area contributed by atoms with Gasteiger partial charge in [-0.05, 0) is 17.9 Å². The van der Waals surface area contributed by atoms with Gasteiger partial charge in [-0.15, -0.1) is 0 Å². The van der Waals surface area contributed by atoms with E-state index in [0.29, 0.717) is 24.5 Å². The third-order valence-electron chi connectivity index (χ3n) is 4.41. The van der Waals surface area contributed by atoms with Crippen molar-refractivity contribution in [2.24, 2.45) is 11.3 Å². The number of ether oxygens (including phenoxy) is 2. The number of likely N-dealkylation sites (tertiary alicyclic amines) is 1. The van der Waals surface area contributed by atoms with Crippen LogP contribution in [0.25, 0.3) is 0 Å². The second kappa shape index (κ2) is 6.00. The van der Waals surface area contributed by atoms with Crippen LogP contribution in [0.4, 0.5) is 0 Å². The highest BCUT2D eigenvalue weighted by Crippen LogP contribution is 2.46. The van der Waals surface area contributed by atoms with E-state index in [1.165, 1.54) is 0 Å². The van der Waals surface area contributed by atoms with Crippen molar-refractivity contribution < 1.29 is 24.2 Å². The van der Waals surface area contributed by atoms with Gasteiger partial charge in [-0.1, -0.05) is 32.9 Å². The highest BCUT2D eigenvalue weighted by atomic mass is 16.7. The number of nitrogens with zero attached hydrogens (tertiary/aromatic N) is 1. The van der Waals surface area contributed by atoms with Crippen molar-refractivity contribution in [3.8, 4) is 11.5 Å². The first-order valence-electron chi connectivity index (χ1n) is 8.19. The number of fused-ring (bicyclic) bond motifs is 1. The number of benzene rings is 1. The zero-order chi connectivity index (χ0) is 17.5. The number of aliphatic carboxylic acids is 1. The topological polar surface area (TPSA) is 76.1 Å². The van der Waals surface area contributed by atoms with E-state index in [9.17, 15) is 14.7 Å². The summed E-state index contributed by atoms with van der Waals surface area (Å²) in [4.78, 5) is 26.1. The SMILES string of the molecule is CC(C)(C)CN1C(=O)CCC(C(=O)O)C1c1cccc2c1OCO2. The van der Waals surface area contributed by atoms with E-state index in [0.717, 1.165) is 5.56 Å². The number of piperidine rings is 1. The van der Waals surface area contributed by atoms with Crippen LogP contribution in [0, 0.1) is 11.3 Å². The Morgan fingerprint density at radius 2 is 2.08 bits per heavy atom. The molecular formula is C18H23NO5. The zero-order valence-corrected chi connectivity index (χ0v) is 14.2. The lowest BCUT2D eigenvalue weighted by Crippen LogP contribution is -2.48. The number of carbonyl (C=O) groups is 2. The van der Waals surface area contributed by atoms with Gasteiger partial charge in [-0.25, -0.2) is 0 Å². The van der Waals surface area contributed by atoms with Crippen LogP contribution in [0.5, 0.6) is 11.5 Å². The summed E-state index contributed by atoms with van der Waals surface area (Å²) in [7, 11) is 0. The van der Waals surface area contributed by atoms with Gasteiger partial charge in [0, 0.05) is 18.5 Å². The number of carbonyl (C=O) groups excluding carboxylic acids is 1. The van der Waals surface area contributed by atoms with E-state index in [4.69, 9.17) is 9.47 Å². The molecule has 24 heavy (non-hydrogen) atoms. The first kappa shape index (κ1) is 16.6. The molecule has 2 aliphatic heterocycles. The van der Waals surface area contributed by atoms with Crippen molar-refractivity contribution in [1.82, 2.24) is 4.90 Å². The van der Waals surface area contributed by atoms with E-state index in [1.54, 1.807) is 11.0 Å². The number of para-hydroxylation sites is 1. The van der Waals surface area contributed by atoms with E-state index in [1.807, 2.05) is 32.9 Å². The average Bonchev–Trinajstić information content (AvgIpc) is 2.96. The predicted molar refractivity (Wildman–Crippen MR) is 86.8 cm³/mol. The van der Waals surface area contributed by atoms with E-state index in [2.05, 4.69) is 0 Å². The van der Waals surface area contributed by atoms with Crippen LogP contribution in [-0.2, 0) is 9.59 Å². The van der Waals surface area contributed by atoms with Crippen molar-refractivity contribution in [1.29, 1.82) is 0 Å². The van der Waals surface area contributed by atoms with Crippen LogP contribution in [-0.4, -0.2) is 35.2 Å². The molecular weight excluding hydrogens is 310 g/mol. The lowest BCUT2D eigenvalue weighted by atomic mass is 9.82. The van der Waals surface area contributed by atoms with Crippen LogP contribution in [0.15, 0.2) is 18.2 Å². The smallest absolute Gasteiger partial charge is 0.308 e. The molecule has 0 bridgehead atoms. The van der Waals surface area contributed by atoms with Crippen LogP contribution in [0.1, 0.15) is 45.2 Å². The van der Waals surface area contributed by atoms with Crippen molar-refractivity contribution in [2.45, 2.75) is 39.7 Å². The molecule has 1 fully saturated rings.